The number of nitriles is 1. The van der Waals surface area contributed by atoms with E-state index in [0.717, 1.165) is 17.3 Å². The van der Waals surface area contributed by atoms with Crippen molar-refractivity contribution in [2.45, 2.75) is 12.3 Å². The van der Waals surface area contributed by atoms with Crippen LogP contribution in [0.25, 0.3) is 27.5 Å². The Morgan fingerprint density at radius 3 is 2.59 bits per heavy atom. The lowest BCUT2D eigenvalue weighted by molar-refractivity contribution is 0.800. The average Bonchev–Trinajstić information content (AvgIpc) is 3.26. The van der Waals surface area contributed by atoms with Crippen LogP contribution in [0, 0.1) is 11.3 Å². The van der Waals surface area contributed by atoms with Crippen LogP contribution >= 0.6 is 0 Å². The molecule has 0 spiro atoms. The van der Waals surface area contributed by atoms with Gasteiger partial charge in [-0.1, -0.05) is 36.4 Å². The second-order valence-electron chi connectivity index (χ2n) is 7.82. The van der Waals surface area contributed by atoms with Gasteiger partial charge in [-0.25, -0.2) is 0 Å². The highest BCUT2D eigenvalue weighted by Crippen LogP contribution is 2.49. The number of rotatable bonds is 1. The highest BCUT2D eigenvalue weighted by atomic mass is 15.1. The Labute approximate surface area is 169 Å². The highest BCUT2D eigenvalue weighted by molar-refractivity contribution is 6.10. The fourth-order valence-corrected chi connectivity index (χ4v) is 5.04. The molecule has 0 saturated heterocycles. The molecule has 1 aliphatic carbocycles. The van der Waals surface area contributed by atoms with Crippen LogP contribution in [0.2, 0.25) is 0 Å². The second kappa shape index (κ2) is 5.86. The average molecular weight is 373 g/mol. The van der Waals surface area contributed by atoms with E-state index in [1.165, 1.54) is 33.5 Å². The van der Waals surface area contributed by atoms with Gasteiger partial charge in [0.1, 0.15) is 0 Å². The van der Waals surface area contributed by atoms with Crippen molar-refractivity contribution < 1.29 is 0 Å². The number of aromatic nitrogens is 1. The monoisotopic (exact) mass is 373 g/mol. The largest absolute Gasteiger partial charge is 0.347 e. The quantitative estimate of drug-likeness (QED) is 0.408. The van der Waals surface area contributed by atoms with E-state index in [4.69, 9.17) is 0 Å². The summed E-state index contributed by atoms with van der Waals surface area (Å²) in [5, 5.41) is 11.7. The minimum atomic E-state index is 0.380. The Kier molecular flexibility index (Phi) is 3.28. The third kappa shape index (κ3) is 2.17. The second-order valence-corrected chi connectivity index (χ2v) is 7.82. The highest BCUT2D eigenvalue weighted by Gasteiger charge is 2.34. The van der Waals surface area contributed by atoms with Gasteiger partial charge in [0, 0.05) is 47.2 Å². The van der Waals surface area contributed by atoms with Crippen LogP contribution in [-0.2, 0) is 0 Å². The summed E-state index contributed by atoms with van der Waals surface area (Å²) >= 11 is 0. The van der Waals surface area contributed by atoms with Gasteiger partial charge in [-0.15, -0.1) is 0 Å². The third-order valence-electron chi connectivity index (χ3n) is 6.37. The first kappa shape index (κ1) is 16.2. The Morgan fingerprint density at radius 2 is 1.69 bits per heavy atom. The van der Waals surface area contributed by atoms with Gasteiger partial charge >= 0.3 is 0 Å². The van der Waals surface area contributed by atoms with E-state index in [1.54, 1.807) is 0 Å². The fraction of sp³-hybridized carbons (Fsp3) is 0.115. The first-order chi connectivity index (χ1) is 14.3. The Balaban J connectivity index is 1.58. The van der Waals surface area contributed by atoms with Gasteiger partial charge in [0.05, 0.1) is 22.7 Å². The predicted octanol–water partition coefficient (Wildman–Crippen LogP) is 6.03. The number of benzene rings is 3. The standard InChI is InChI=1S/C26H19N3/c1-28-23-8-4-2-6-19(23)22-15-18(11-13-24(22)28)29-25-9-5-3-7-20(25)21-14-17(16-27)10-12-26(21)29/h2-14,22H,15H2,1H3. The van der Waals surface area contributed by atoms with Crippen LogP contribution in [0.1, 0.15) is 23.5 Å². The number of likely N-dealkylation sites (N-methyl/N-ethyl adjacent to an activating group) is 1. The molecule has 0 fully saturated rings. The summed E-state index contributed by atoms with van der Waals surface area (Å²) in [6.45, 7) is 0. The van der Waals surface area contributed by atoms with Crippen LogP contribution in [0.15, 0.2) is 84.6 Å². The normalized spacial score (nSPS) is 17.7. The molecule has 2 aliphatic rings. The van der Waals surface area contributed by atoms with Gasteiger partial charge in [-0.2, -0.15) is 5.26 Å². The zero-order valence-corrected chi connectivity index (χ0v) is 16.1. The van der Waals surface area contributed by atoms with E-state index in [1.807, 2.05) is 12.1 Å². The number of nitrogens with zero attached hydrogens (tertiary/aromatic N) is 3. The number of hydrogen-bond acceptors (Lipinski definition) is 2. The van der Waals surface area contributed by atoms with E-state index < -0.39 is 0 Å². The maximum Gasteiger partial charge on any atom is 0.0991 e. The minimum absolute atomic E-state index is 0.380. The van der Waals surface area contributed by atoms with Crippen LogP contribution < -0.4 is 4.90 Å². The Bertz CT molecular complexity index is 1410. The fourth-order valence-electron chi connectivity index (χ4n) is 5.04. The van der Waals surface area contributed by atoms with Crippen LogP contribution in [0.3, 0.4) is 0 Å². The molecule has 3 heteroatoms. The van der Waals surface area contributed by atoms with Crippen molar-refractivity contribution in [2.24, 2.45) is 0 Å². The molecule has 1 aromatic heterocycles. The van der Waals surface area contributed by atoms with Crippen LogP contribution in [0.5, 0.6) is 0 Å². The van der Waals surface area contributed by atoms with Gasteiger partial charge in [-0.3, -0.25) is 0 Å². The summed E-state index contributed by atoms with van der Waals surface area (Å²) in [7, 11) is 2.16. The van der Waals surface area contributed by atoms with E-state index in [-0.39, 0.29) is 0 Å². The summed E-state index contributed by atoms with van der Waals surface area (Å²) in [5.74, 6) is 0.380. The summed E-state index contributed by atoms with van der Waals surface area (Å²) < 4.78 is 2.38. The van der Waals surface area contributed by atoms with Gasteiger partial charge in [-0.05, 0) is 48.0 Å². The molecule has 1 unspecified atom stereocenters. The first-order valence-electron chi connectivity index (χ1n) is 9.93. The van der Waals surface area contributed by atoms with Gasteiger partial charge in [0.25, 0.3) is 0 Å². The van der Waals surface area contributed by atoms with Crippen LogP contribution in [-0.4, -0.2) is 11.6 Å². The van der Waals surface area contributed by atoms with Crippen LogP contribution in [0.4, 0.5) is 5.69 Å². The topological polar surface area (TPSA) is 32.0 Å². The summed E-state index contributed by atoms with van der Waals surface area (Å²) in [6.07, 6.45) is 5.49. The molecule has 29 heavy (non-hydrogen) atoms. The molecule has 0 radical (unpaired) electrons. The predicted molar refractivity (Wildman–Crippen MR) is 119 cm³/mol. The first-order valence-corrected chi connectivity index (χ1v) is 9.93. The summed E-state index contributed by atoms with van der Waals surface area (Å²) in [6, 6.07) is 25.5. The minimum Gasteiger partial charge on any atom is -0.347 e. The molecular weight excluding hydrogens is 354 g/mol. The zero-order chi connectivity index (χ0) is 19.5. The van der Waals surface area contributed by atoms with Crippen molar-refractivity contribution in [3.8, 4) is 6.07 Å². The molecule has 138 valence electrons. The van der Waals surface area contributed by atoms with Crippen molar-refractivity contribution in [3.05, 3.63) is 95.7 Å². The number of fused-ring (bicyclic) bond motifs is 6. The van der Waals surface area contributed by atoms with Gasteiger partial charge in [0.2, 0.25) is 0 Å². The number of anilines is 1. The van der Waals surface area contributed by atoms with Crippen molar-refractivity contribution in [1.29, 1.82) is 5.26 Å². The SMILES string of the molecule is CN1C2=CC=C(n3c4ccccc4c4cc(C#N)ccc43)CC2c2ccccc21. The maximum atomic E-state index is 9.36. The number of hydrogen-bond donors (Lipinski definition) is 0. The lowest BCUT2D eigenvalue weighted by Crippen LogP contribution is -2.16. The van der Waals surface area contributed by atoms with Gasteiger partial charge < -0.3 is 9.47 Å². The molecule has 0 bridgehead atoms. The van der Waals surface area contributed by atoms with Gasteiger partial charge in [0.15, 0.2) is 0 Å². The molecule has 0 amide bonds. The molecule has 2 heterocycles. The van der Waals surface area contributed by atoms with E-state index in [0.29, 0.717) is 11.5 Å². The zero-order valence-electron chi connectivity index (χ0n) is 16.1. The molecule has 4 aromatic rings. The molecule has 3 aromatic carbocycles. The Hall–Kier alpha value is -3.77. The lowest BCUT2D eigenvalue weighted by atomic mass is 9.90. The smallest absolute Gasteiger partial charge is 0.0991 e. The van der Waals surface area contributed by atoms with Crippen molar-refractivity contribution in [3.63, 3.8) is 0 Å². The molecule has 3 nitrogen and oxygen atoms in total. The lowest BCUT2D eigenvalue weighted by Gasteiger charge is -2.24. The summed E-state index contributed by atoms with van der Waals surface area (Å²) in [4.78, 5) is 2.32. The third-order valence-corrected chi connectivity index (χ3v) is 6.37. The molecule has 6 rings (SSSR count). The number of para-hydroxylation sites is 2. The van der Waals surface area contributed by atoms with Crippen molar-refractivity contribution in [2.75, 3.05) is 11.9 Å². The van der Waals surface area contributed by atoms with E-state index in [2.05, 4.69) is 89.3 Å². The molecule has 0 saturated carbocycles. The van der Waals surface area contributed by atoms with Crippen molar-refractivity contribution >= 4 is 33.2 Å². The number of allylic oxidation sites excluding steroid dienone is 4. The molecule has 1 atom stereocenters. The van der Waals surface area contributed by atoms with E-state index >= 15 is 0 Å². The maximum absolute atomic E-state index is 9.36. The van der Waals surface area contributed by atoms with Crippen molar-refractivity contribution in [1.82, 2.24) is 4.57 Å². The summed E-state index contributed by atoms with van der Waals surface area (Å²) in [5.41, 5.74) is 8.42. The molecular formula is C26H19N3. The molecule has 0 N–H and O–H groups in total. The Morgan fingerprint density at radius 1 is 0.897 bits per heavy atom. The molecule has 1 aliphatic heterocycles. The van der Waals surface area contributed by atoms with E-state index in [9.17, 15) is 5.26 Å².